The second-order valence-electron chi connectivity index (χ2n) is 4.56. The molecule has 2 aromatic carbocycles. The van der Waals surface area contributed by atoms with E-state index in [1.807, 2.05) is 0 Å². The number of anilines is 2. The van der Waals surface area contributed by atoms with Crippen LogP contribution in [0.25, 0.3) is 0 Å². The molecule has 2 aromatic rings. The molecule has 118 valence electrons. The molecule has 7 nitrogen and oxygen atoms in total. The zero-order valence-electron chi connectivity index (χ0n) is 11.6. The summed E-state index contributed by atoms with van der Waals surface area (Å²) in [5, 5.41) is 16.2. The molecule has 0 aliphatic carbocycles. The van der Waals surface area contributed by atoms with Crippen LogP contribution < -0.4 is 16.2 Å². The number of carbonyl (C=O) groups is 1. The lowest BCUT2D eigenvalue weighted by Crippen LogP contribution is -2.17. The molecule has 0 saturated carbocycles. The molecule has 0 heterocycles. The number of halogens is 1. The highest BCUT2D eigenvalue weighted by atomic mass is 32.2. The number of hydrogen-bond acceptors (Lipinski definition) is 5. The van der Waals surface area contributed by atoms with Gasteiger partial charge in [-0.2, -0.15) is 5.26 Å². The molecule has 0 bridgehead atoms. The summed E-state index contributed by atoms with van der Waals surface area (Å²) in [5.41, 5.74) is 5.37. The van der Waals surface area contributed by atoms with Gasteiger partial charge in [0.25, 0.3) is 5.91 Å². The first kappa shape index (κ1) is 16.4. The first-order valence-corrected chi connectivity index (χ1v) is 7.70. The van der Waals surface area contributed by atoms with Crippen molar-refractivity contribution in [2.45, 2.75) is 4.90 Å². The van der Waals surface area contributed by atoms with Gasteiger partial charge in [-0.15, -0.1) is 0 Å². The van der Waals surface area contributed by atoms with Crippen LogP contribution >= 0.6 is 0 Å². The average Bonchev–Trinajstić information content (AvgIpc) is 2.48. The molecule has 0 unspecified atom stereocenters. The van der Waals surface area contributed by atoms with E-state index < -0.39 is 21.7 Å². The summed E-state index contributed by atoms with van der Waals surface area (Å²) in [6.07, 6.45) is 0. The summed E-state index contributed by atoms with van der Waals surface area (Å²) >= 11 is 0. The van der Waals surface area contributed by atoms with E-state index in [0.29, 0.717) is 0 Å². The molecule has 5 N–H and O–H groups in total. The molecule has 23 heavy (non-hydrogen) atoms. The van der Waals surface area contributed by atoms with Gasteiger partial charge < -0.3 is 11.1 Å². The summed E-state index contributed by atoms with van der Waals surface area (Å²) in [7, 11) is -4.08. The van der Waals surface area contributed by atoms with Gasteiger partial charge >= 0.3 is 0 Å². The molecule has 0 aliphatic rings. The monoisotopic (exact) mass is 334 g/mol. The van der Waals surface area contributed by atoms with E-state index in [2.05, 4.69) is 5.32 Å². The number of nitrogens with two attached hydrogens (primary N) is 2. The second kappa shape index (κ2) is 6.04. The molecule has 0 aromatic heterocycles. The number of nitriles is 1. The normalized spacial score (nSPS) is 10.8. The topological polar surface area (TPSA) is 139 Å². The fourth-order valence-electron chi connectivity index (χ4n) is 1.81. The van der Waals surface area contributed by atoms with Gasteiger partial charge in [0.2, 0.25) is 10.0 Å². The first-order valence-electron chi connectivity index (χ1n) is 6.15. The van der Waals surface area contributed by atoms with Gasteiger partial charge in [-0.05, 0) is 36.4 Å². The molecule has 0 saturated heterocycles. The van der Waals surface area contributed by atoms with Gasteiger partial charge in [0.15, 0.2) is 0 Å². The number of primary sulfonamides is 1. The van der Waals surface area contributed by atoms with E-state index in [4.69, 9.17) is 16.1 Å². The van der Waals surface area contributed by atoms with Crippen LogP contribution in [0.3, 0.4) is 0 Å². The Labute approximate surface area is 131 Å². The van der Waals surface area contributed by atoms with Crippen molar-refractivity contribution < 1.29 is 17.6 Å². The van der Waals surface area contributed by atoms with Crippen molar-refractivity contribution >= 4 is 27.3 Å². The van der Waals surface area contributed by atoms with Crippen LogP contribution in [0.15, 0.2) is 41.3 Å². The average molecular weight is 334 g/mol. The van der Waals surface area contributed by atoms with Gasteiger partial charge in [-0.1, -0.05) is 0 Å². The third-order valence-corrected chi connectivity index (χ3v) is 3.89. The highest BCUT2D eigenvalue weighted by molar-refractivity contribution is 7.89. The van der Waals surface area contributed by atoms with Crippen molar-refractivity contribution in [1.29, 1.82) is 5.26 Å². The summed E-state index contributed by atoms with van der Waals surface area (Å²) in [6.45, 7) is 0. The van der Waals surface area contributed by atoms with Gasteiger partial charge in [-0.25, -0.2) is 17.9 Å². The maximum absolute atomic E-state index is 13.2. The van der Waals surface area contributed by atoms with Gasteiger partial charge in [0.05, 0.1) is 11.3 Å². The smallest absolute Gasteiger partial charge is 0.255 e. The van der Waals surface area contributed by atoms with E-state index in [1.165, 1.54) is 18.2 Å². The molecule has 0 spiro atoms. The Kier molecular flexibility index (Phi) is 4.31. The fraction of sp³-hybridized carbons (Fsp3) is 0. The van der Waals surface area contributed by atoms with Crippen molar-refractivity contribution in [3.05, 3.63) is 53.3 Å². The minimum atomic E-state index is -4.08. The Balaban J connectivity index is 2.34. The largest absolute Gasteiger partial charge is 0.398 e. The highest BCUT2D eigenvalue weighted by Crippen LogP contribution is 2.20. The third kappa shape index (κ3) is 3.63. The molecule has 0 aliphatic heterocycles. The van der Waals surface area contributed by atoms with Crippen LogP contribution in [0.4, 0.5) is 15.8 Å². The number of rotatable bonds is 3. The maximum atomic E-state index is 13.2. The summed E-state index contributed by atoms with van der Waals surface area (Å²) in [5.74, 6) is -1.38. The number of nitrogen functional groups attached to an aromatic ring is 1. The van der Waals surface area contributed by atoms with Gasteiger partial charge in [0.1, 0.15) is 16.8 Å². The standard InChI is InChI=1S/C14H11FN4O3S/c15-11-3-2-10(5-9(11)7-16)19-14(20)8-1-4-12(17)13(6-8)23(18,21)22/h1-6H,17H2,(H,19,20)(H2,18,21,22). The molecule has 9 heteroatoms. The van der Waals surface area contributed by atoms with Crippen molar-refractivity contribution in [1.82, 2.24) is 0 Å². The van der Waals surface area contributed by atoms with Crippen LogP contribution in [0.2, 0.25) is 0 Å². The lowest BCUT2D eigenvalue weighted by Gasteiger charge is -2.08. The van der Waals surface area contributed by atoms with E-state index in [1.54, 1.807) is 6.07 Å². The first-order chi connectivity index (χ1) is 10.7. The van der Waals surface area contributed by atoms with E-state index >= 15 is 0 Å². The number of amides is 1. The van der Waals surface area contributed by atoms with Crippen LogP contribution in [-0.2, 0) is 10.0 Å². The summed E-state index contributed by atoms with van der Waals surface area (Å²) in [6, 6.07) is 8.69. The predicted octanol–water partition coefficient (Wildman–Crippen LogP) is 1.18. The number of sulfonamides is 1. The number of hydrogen-bond donors (Lipinski definition) is 3. The SMILES string of the molecule is N#Cc1cc(NC(=O)c2ccc(N)c(S(N)(=O)=O)c2)ccc1F. The predicted molar refractivity (Wildman–Crippen MR) is 81.3 cm³/mol. The van der Waals surface area contributed by atoms with E-state index in [-0.39, 0.29) is 27.4 Å². The molecular weight excluding hydrogens is 323 g/mol. The van der Waals surface area contributed by atoms with Gasteiger partial charge in [0, 0.05) is 11.3 Å². The summed E-state index contributed by atoms with van der Waals surface area (Å²) in [4.78, 5) is 11.8. The Hall–Kier alpha value is -2.96. The highest BCUT2D eigenvalue weighted by Gasteiger charge is 2.16. The number of nitrogens with zero attached hydrogens (tertiary/aromatic N) is 1. The second-order valence-corrected chi connectivity index (χ2v) is 6.09. The van der Waals surface area contributed by atoms with Crippen LogP contribution in [0.1, 0.15) is 15.9 Å². The zero-order valence-corrected chi connectivity index (χ0v) is 12.4. The lowest BCUT2D eigenvalue weighted by atomic mass is 10.1. The minimum Gasteiger partial charge on any atom is -0.398 e. The quantitative estimate of drug-likeness (QED) is 0.723. The molecule has 1 amide bonds. The van der Waals surface area contributed by atoms with Crippen LogP contribution in [0.5, 0.6) is 0 Å². The van der Waals surface area contributed by atoms with E-state index in [9.17, 15) is 17.6 Å². The maximum Gasteiger partial charge on any atom is 0.255 e. The Morgan fingerprint density at radius 2 is 1.91 bits per heavy atom. The summed E-state index contributed by atoms with van der Waals surface area (Å²) < 4.78 is 36.0. The van der Waals surface area contributed by atoms with Crippen molar-refractivity contribution in [2.24, 2.45) is 5.14 Å². The molecule has 0 atom stereocenters. The van der Waals surface area contributed by atoms with Crippen molar-refractivity contribution in [3.8, 4) is 6.07 Å². The minimum absolute atomic E-state index is 0.00828. The molecule has 2 rings (SSSR count). The number of benzene rings is 2. The van der Waals surface area contributed by atoms with Crippen molar-refractivity contribution in [3.63, 3.8) is 0 Å². The lowest BCUT2D eigenvalue weighted by molar-refractivity contribution is 0.102. The number of nitrogens with one attached hydrogen (secondary N) is 1. The fourth-order valence-corrected chi connectivity index (χ4v) is 2.50. The Bertz CT molecular complexity index is 936. The van der Waals surface area contributed by atoms with E-state index in [0.717, 1.165) is 18.2 Å². The number of carbonyl (C=O) groups excluding carboxylic acids is 1. The molecular formula is C14H11FN4O3S. The Morgan fingerprint density at radius 1 is 1.22 bits per heavy atom. The van der Waals surface area contributed by atoms with Crippen LogP contribution in [0, 0.1) is 17.1 Å². The molecule has 0 radical (unpaired) electrons. The van der Waals surface area contributed by atoms with Crippen molar-refractivity contribution in [2.75, 3.05) is 11.1 Å². The zero-order chi connectivity index (χ0) is 17.2. The van der Waals surface area contributed by atoms with Gasteiger partial charge in [-0.3, -0.25) is 4.79 Å². The van der Waals surface area contributed by atoms with Crippen LogP contribution in [-0.4, -0.2) is 14.3 Å². The Morgan fingerprint density at radius 3 is 2.52 bits per heavy atom. The third-order valence-electron chi connectivity index (χ3n) is 2.93. The molecule has 0 fully saturated rings.